The molecule has 1 fully saturated rings. The van der Waals surface area contributed by atoms with Crippen LogP contribution in [0.4, 0.5) is 5.69 Å². The van der Waals surface area contributed by atoms with Gasteiger partial charge in [0.05, 0.1) is 5.45 Å². The van der Waals surface area contributed by atoms with Crippen molar-refractivity contribution < 1.29 is 0 Å². The van der Waals surface area contributed by atoms with Gasteiger partial charge in [-0.25, -0.2) is 0 Å². The number of piperazine rings is 1. The van der Waals surface area contributed by atoms with Gasteiger partial charge in [-0.1, -0.05) is 34.1 Å². The van der Waals surface area contributed by atoms with Gasteiger partial charge in [0.15, 0.2) is 0 Å². The lowest BCUT2D eigenvalue weighted by atomic mass is 10.2. The average molecular weight is 255 g/mol. The molecule has 14 heavy (non-hydrogen) atoms. The Hall–Kier alpha value is -0.540. The molecular formula is C11H15BrN2. The zero-order valence-electron chi connectivity index (χ0n) is 8.19. The number of alkyl halides is 1. The summed E-state index contributed by atoms with van der Waals surface area (Å²) in [6, 6.07) is 10.6. The van der Waals surface area contributed by atoms with E-state index in [1.54, 1.807) is 0 Å². The van der Waals surface area contributed by atoms with Crippen LogP contribution in [0.25, 0.3) is 0 Å². The van der Waals surface area contributed by atoms with E-state index in [1.165, 1.54) is 5.69 Å². The lowest BCUT2D eigenvalue weighted by molar-refractivity contribution is 0.303. The number of para-hydroxylation sites is 1. The summed E-state index contributed by atoms with van der Waals surface area (Å²) in [6.45, 7) is 4.57. The molecular weight excluding hydrogens is 240 g/mol. The van der Waals surface area contributed by atoms with Gasteiger partial charge in [-0.2, -0.15) is 0 Å². The summed E-state index contributed by atoms with van der Waals surface area (Å²) in [5.74, 6) is 0. The van der Waals surface area contributed by atoms with Gasteiger partial charge in [0.2, 0.25) is 0 Å². The number of benzene rings is 1. The molecule has 0 aromatic heterocycles. The fourth-order valence-electron chi connectivity index (χ4n) is 1.76. The Morgan fingerprint density at radius 2 is 1.64 bits per heavy atom. The van der Waals surface area contributed by atoms with Gasteiger partial charge in [-0.3, -0.25) is 4.90 Å². The van der Waals surface area contributed by atoms with Gasteiger partial charge in [-0.15, -0.1) is 0 Å². The molecule has 1 aliphatic rings. The Morgan fingerprint density at radius 1 is 1.00 bits per heavy atom. The maximum Gasteiger partial charge on any atom is 0.0543 e. The number of rotatable bonds is 2. The molecule has 1 aliphatic heterocycles. The fraction of sp³-hybridized carbons (Fsp3) is 0.455. The third-order valence-electron chi connectivity index (χ3n) is 2.66. The van der Waals surface area contributed by atoms with E-state index in [1.807, 2.05) is 0 Å². The number of nitrogens with zero attached hydrogens (tertiary/aromatic N) is 2. The first kappa shape index (κ1) is 9.99. The maximum absolute atomic E-state index is 3.49. The molecule has 1 saturated heterocycles. The SMILES string of the molecule is BrCN1CCN(c2ccccc2)CC1. The van der Waals surface area contributed by atoms with Crippen LogP contribution in [0.3, 0.4) is 0 Å². The second-order valence-corrected chi connectivity index (χ2v) is 4.06. The second-order valence-electron chi connectivity index (χ2n) is 3.56. The summed E-state index contributed by atoms with van der Waals surface area (Å²) in [4.78, 5) is 4.86. The monoisotopic (exact) mass is 254 g/mol. The van der Waals surface area contributed by atoms with Crippen molar-refractivity contribution in [2.75, 3.05) is 36.5 Å². The number of hydrogen-bond donors (Lipinski definition) is 0. The van der Waals surface area contributed by atoms with Crippen molar-refractivity contribution in [3.63, 3.8) is 0 Å². The highest BCUT2D eigenvalue weighted by molar-refractivity contribution is 9.09. The van der Waals surface area contributed by atoms with E-state index in [9.17, 15) is 0 Å². The van der Waals surface area contributed by atoms with Gasteiger partial charge in [-0.05, 0) is 12.1 Å². The second kappa shape index (κ2) is 4.80. The molecule has 0 N–H and O–H groups in total. The van der Waals surface area contributed by atoms with Gasteiger partial charge in [0, 0.05) is 31.9 Å². The predicted octanol–water partition coefficient (Wildman–Crippen LogP) is 2.16. The number of hydrogen-bond acceptors (Lipinski definition) is 2. The van der Waals surface area contributed by atoms with E-state index in [-0.39, 0.29) is 0 Å². The summed E-state index contributed by atoms with van der Waals surface area (Å²) in [5, 5.41) is 0. The molecule has 76 valence electrons. The normalized spacial score (nSPS) is 18.5. The van der Waals surface area contributed by atoms with Crippen LogP contribution in [0.15, 0.2) is 30.3 Å². The highest BCUT2D eigenvalue weighted by Crippen LogP contribution is 2.15. The zero-order chi connectivity index (χ0) is 9.80. The number of anilines is 1. The van der Waals surface area contributed by atoms with E-state index in [2.05, 4.69) is 56.1 Å². The number of halogens is 1. The standard InChI is InChI=1S/C11H15BrN2/c12-10-13-6-8-14(9-7-13)11-4-2-1-3-5-11/h1-5H,6-10H2. The molecule has 2 rings (SSSR count). The van der Waals surface area contributed by atoms with Crippen LogP contribution < -0.4 is 4.90 Å². The Bertz CT molecular complexity index is 268. The molecule has 0 amide bonds. The zero-order valence-corrected chi connectivity index (χ0v) is 9.78. The van der Waals surface area contributed by atoms with E-state index in [0.29, 0.717) is 0 Å². The summed E-state index contributed by atoms with van der Waals surface area (Å²) >= 11 is 3.49. The maximum atomic E-state index is 3.49. The minimum absolute atomic E-state index is 0.996. The van der Waals surface area contributed by atoms with Crippen molar-refractivity contribution in [1.82, 2.24) is 4.90 Å². The molecule has 3 heteroatoms. The third kappa shape index (κ3) is 2.28. The Kier molecular flexibility index (Phi) is 3.43. The van der Waals surface area contributed by atoms with Crippen LogP contribution in [-0.2, 0) is 0 Å². The minimum atomic E-state index is 0.996. The van der Waals surface area contributed by atoms with Crippen LogP contribution in [0.2, 0.25) is 0 Å². The van der Waals surface area contributed by atoms with E-state index in [0.717, 1.165) is 31.6 Å². The van der Waals surface area contributed by atoms with Crippen LogP contribution >= 0.6 is 15.9 Å². The van der Waals surface area contributed by atoms with E-state index in [4.69, 9.17) is 0 Å². The van der Waals surface area contributed by atoms with Gasteiger partial charge < -0.3 is 4.90 Å². The topological polar surface area (TPSA) is 6.48 Å². The summed E-state index contributed by atoms with van der Waals surface area (Å²) in [7, 11) is 0. The summed E-state index contributed by atoms with van der Waals surface area (Å²) < 4.78 is 0. The van der Waals surface area contributed by atoms with Crippen molar-refractivity contribution in [3.8, 4) is 0 Å². The summed E-state index contributed by atoms with van der Waals surface area (Å²) in [5.41, 5.74) is 2.34. The lowest BCUT2D eigenvalue weighted by Crippen LogP contribution is -2.45. The molecule has 0 radical (unpaired) electrons. The molecule has 0 saturated carbocycles. The van der Waals surface area contributed by atoms with Crippen LogP contribution in [0.5, 0.6) is 0 Å². The molecule has 0 bridgehead atoms. The predicted molar refractivity (Wildman–Crippen MR) is 64.0 cm³/mol. The van der Waals surface area contributed by atoms with Crippen molar-refractivity contribution in [1.29, 1.82) is 0 Å². The van der Waals surface area contributed by atoms with Gasteiger partial charge in [0.25, 0.3) is 0 Å². The van der Waals surface area contributed by atoms with Crippen molar-refractivity contribution in [2.45, 2.75) is 0 Å². The van der Waals surface area contributed by atoms with Crippen molar-refractivity contribution in [2.24, 2.45) is 0 Å². The Balaban J connectivity index is 1.96. The molecule has 0 unspecified atom stereocenters. The molecule has 1 aromatic carbocycles. The van der Waals surface area contributed by atoms with Crippen LogP contribution in [-0.4, -0.2) is 36.5 Å². The van der Waals surface area contributed by atoms with E-state index >= 15 is 0 Å². The highest BCUT2D eigenvalue weighted by atomic mass is 79.9. The molecule has 2 nitrogen and oxygen atoms in total. The Morgan fingerprint density at radius 3 is 2.21 bits per heavy atom. The molecule has 1 aromatic rings. The average Bonchev–Trinajstić information content (AvgIpc) is 2.30. The largest absolute Gasteiger partial charge is 0.369 e. The van der Waals surface area contributed by atoms with Gasteiger partial charge in [0.1, 0.15) is 0 Å². The molecule has 0 atom stereocenters. The summed E-state index contributed by atoms with van der Waals surface area (Å²) in [6.07, 6.45) is 0. The first-order chi connectivity index (χ1) is 6.90. The first-order valence-corrected chi connectivity index (χ1v) is 6.10. The Labute approximate surface area is 93.6 Å². The first-order valence-electron chi connectivity index (χ1n) is 4.98. The van der Waals surface area contributed by atoms with E-state index < -0.39 is 0 Å². The minimum Gasteiger partial charge on any atom is -0.369 e. The van der Waals surface area contributed by atoms with Gasteiger partial charge >= 0.3 is 0 Å². The van der Waals surface area contributed by atoms with Crippen LogP contribution in [0.1, 0.15) is 0 Å². The fourth-order valence-corrected chi connectivity index (χ4v) is 2.27. The smallest absolute Gasteiger partial charge is 0.0543 e. The lowest BCUT2D eigenvalue weighted by Gasteiger charge is -2.35. The third-order valence-corrected chi connectivity index (χ3v) is 3.37. The molecule has 0 spiro atoms. The van der Waals surface area contributed by atoms with Crippen molar-refractivity contribution in [3.05, 3.63) is 30.3 Å². The quantitative estimate of drug-likeness (QED) is 0.590. The molecule has 0 aliphatic carbocycles. The highest BCUT2D eigenvalue weighted by Gasteiger charge is 2.15. The molecule has 1 heterocycles. The van der Waals surface area contributed by atoms with Crippen molar-refractivity contribution >= 4 is 21.6 Å². The van der Waals surface area contributed by atoms with Crippen LogP contribution in [0, 0.1) is 0 Å².